The number of thiazole rings is 1. The summed E-state index contributed by atoms with van der Waals surface area (Å²) in [5.74, 6) is -0.566. The molecule has 28 heavy (non-hydrogen) atoms. The highest BCUT2D eigenvalue weighted by atomic mass is 32.1. The van der Waals surface area contributed by atoms with Gasteiger partial charge in [-0.2, -0.15) is 5.10 Å². The molecule has 0 atom stereocenters. The average molecular weight is 393 g/mol. The molecular weight excluding hydrogens is 377 g/mol. The van der Waals surface area contributed by atoms with E-state index in [1.54, 1.807) is 30.1 Å². The highest BCUT2D eigenvalue weighted by Crippen LogP contribution is 2.29. The number of amides is 1. The maximum absolute atomic E-state index is 13.4. The van der Waals surface area contributed by atoms with E-state index in [1.807, 2.05) is 24.3 Å². The number of hydrogen-bond acceptors (Lipinski definition) is 5. The molecule has 1 amide bonds. The molecule has 4 aromatic rings. The Kier molecular flexibility index (Phi) is 4.94. The zero-order valence-electron chi connectivity index (χ0n) is 15.0. The summed E-state index contributed by atoms with van der Waals surface area (Å²) in [6, 6.07) is 13.7. The summed E-state index contributed by atoms with van der Waals surface area (Å²) >= 11 is 1.25. The number of nitrogens with one attached hydrogen (secondary N) is 1. The molecule has 0 fully saturated rings. The molecule has 8 heteroatoms. The summed E-state index contributed by atoms with van der Waals surface area (Å²) in [7, 11) is 0. The van der Waals surface area contributed by atoms with Crippen LogP contribution < -0.4 is 5.32 Å². The highest BCUT2D eigenvalue weighted by Gasteiger charge is 2.16. The molecule has 0 saturated heterocycles. The topological polar surface area (TPSA) is 72.7 Å². The van der Waals surface area contributed by atoms with Gasteiger partial charge < -0.3 is 5.32 Å². The zero-order valence-corrected chi connectivity index (χ0v) is 15.8. The molecule has 1 N–H and O–H groups in total. The molecule has 0 saturated carbocycles. The van der Waals surface area contributed by atoms with Crippen molar-refractivity contribution in [1.82, 2.24) is 19.7 Å². The van der Waals surface area contributed by atoms with Crippen molar-refractivity contribution in [2.24, 2.45) is 0 Å². The van der Waals surface area contributed by atoms with E-state index >= 15 is 0 Å². The van der Waals surface area contributed by atoms with Crippen LogP contribution in [0.25, 0.3) is 10.6 Å². The van der Waals surface area contributed by atoms with Crippen molar-refractivity contribution in [2.45, 2.75) is 13.5 Å². The molecule has 0 aliphatic heterocycles. The minimum Gasteiger partial charge on any atom is -0.321 e. The van der Waals surface area contributed by atoms with Crippen LogP contribution in [0.1, 0.15) is 20.9 Å². The summed E-state index contributed by atoms with van der Waals surface area (Å²) in [6.45, 7) is 2.38. The second-order valence-corrected chi connectivity index (χ2v) is 7.19. The average Bonchev–Trinajstić information content (AvgIpc) is 3.33. The standard InChI is InChI=1S/C20H16FN5OS/c1-13-18(28-20(24-13)15-3-2-4-16(21)9-15)19(27)25-17-7-5-14(6-8-17)10-26-12-22-11-23-26/h2-9,11-12H,10H2,1H3,(H,25,27). The summed E-state index contributed by atoms with van der Waals surface area (Å²) in [5, 5.41) is 7.57. The number of anilines is 1. The van der Waals surface area contributed by atoms with E-state index in [1.165, 1.54) is 29.8 Å². The van der Waals surface area contributed by atoms with Gasteiger partial charge in [-0.3, -0.25) is 4.79 Å². The maximum atomic E-state index is 13.4. The Morgan fingerprint density at radius 3 is 2.75 bits per heavy atom. The predicted octanol–water partition coefficient (Wildman–Crippen LogP) is 4.15. The van der Waals surface area contributed by atoms with Crippen LogP contribution in [-0.4, -0.2) is 25.7 Å². The summed E-state index contributed by atoms with van der Waals surface area (Å²) in [6.07, 6.45) is 3.14. The second-order valence-electron chi connectivity index (χ2n) is 6.19. The van der Waals surface area contributed by atoms with E-state index < -0.39 is 0 Å². The van der Waals surface area contributed by atoms with Gasteiger partial charge in [0, 0.05) is 11.3 Å². The lowest BCUT2D eigenvalue weighted by atomic mass is 10.2. The molecule has 0 aliphatic carbocycles. The molecule has 2 heterocycles. The van der Waals surface area contributed by atoms with E-state index in [9.17, 15) is 9.18 Å². The Morgan fingerprint density at radius 1 is 1.21 bits per heavy atom. The fourth-order valence-corrected chi connectivity index (χ4v) is 3.69. The van der Waals surface area contributed by atoms with Gasteiger partial charge >= 0.3 is 0 Å². The number of benzene rings is 2. The fraction of sp³-hybridized carbons (Fsp3) is 0.100. The van der Waals surface area contributed by atoms with Crippen molar-refractivity contribution in [3.05, 3.63) is 83.1 Å². The number of nitrogens with zero attached hydrogens (tertiary/aromatic N) is 4. The number of carbonyl (C=O) groups is 1. The van der Waals surface area contributed by atoms with E-state index in [4.69, 9.17) is 0 Å². The first-order valence-corrected chi connectivity index (χ1v) is 9.36. The third-order valence-electron chi connectivity index (χ3n) is 4.10. The van der Waals surface area contributed by atoms with Crippen LogP contribution in [0.5, 0.6) is 0 Å². The monoisotopic (exact) mass is 393 g/mol. The van der Waals surface area contributed by atoms with E-state index in [2.05, 4.69) is 20.4 Å². The van der Waals surface area contributed by atoms with Crippen LogP contribution in [0, 0.1) is 12.7 Å². The molecule has 0 bridgehead atoms. The molecular formula is C20H16FN5OS. The smallest absolute Gasteiger partial charge is 0.267 e. The lowest BCUT2D eigenvalue weighted by Gasteiger charge is -2.06. The van der Waals surface area contributed by atoms with Gasteiger partial charge in [0.2, 0.25) is 0 Å². The van der Waals surface area contributed by atoms with Crippen molar-refractivity contribution in [3.63, 3.8) is 0 Å². The SMILES string of the molecule is Cc1nc(-c2cccc(F)c2)sc1C(=O)Nc1ccc(Cn2cncn2)cc1. The van der Waals surface area contributed by atoms with Gasteiger partial charge in [0.25, 0.3) is 5.91 Å². The Balaban J connectivity index is 1.48. The number of rotatable bonds is 5. The number of aromatic nitrogens is 4. The number of aryl methyl sites for hydroxylation is 1. The van der Waals surface area contributed by atoms with Crippen LogP contribution in [-0.2, 0) is 6.54 Å². The first-order valence-electron chi connectivity index (χ1n) is 8.54. The van der Waals surface area contributed by atoms with Crippen LogP contribution in [0.15, 0.2) is 61.2 Å². The Bertz CT molecular complexity index is 1110. The quantitative estimate of drug-likeness (QED) is 0.553. The zero-order chi connectivity index (χ0) is 19.5. The molecule has 2 aromatic carbocycles. The van der Waals surface area contributed by atoms with Crippen LogP contribution in [0.3, 0.4) is 0 Å². The first-order chi connectivity index (χ1) is 13.6. The molecule has 140 valence electrons. The van der Waals surface area contributed by atoms with E-state index in [0.29, 0.717) is 33.4 Å². The van der Waals surface area contributed by atoms with Gasteiger partial charge in [0.1, 0.15) is 28.4 Å². The molecule has 2 aromatic heterocycles. The Labute approximate surface area is 164 Å². The van der Waals surface area contributed by atoms with Gasteiger partial charge in [-0.1, -0.05) is 24.3 Å². The molecule has 0 radical (unpaired) electrons. The first kappa shape index (κ1) is 18.0. The Morgan fingerprint density at radius 2 is 2.04 bits per heavy atom. The van der Waals surface area contributed by atoms with Gasteiger partial charge in [0.15, 0.2) is 0 Å². The molecule has 0 aliphatic rings. The molecule has 4 rings (SSSR count). The lowest BCUT2D eigenvalue weighted by Crippen LogP contribution is -2.11. The summed E-state index contributed by atoms with van der Waals surface area (Å²) < 4.78 is 15.2. The predicted molar refractivity (Wildman–Crippen MR) is 106 cm³/mol. The second kappa shape index (κ2) is 7.69. The third kappa shape index (κ3) is 3.96. The van der Waals surface area contributed by atoms with Crippen molar-refractivity contribution < 1.29 is 9.18 Å². The highest BCUT2D eigenvalue weighted by molar-refractivity contribution is 7.17. The van der Waals surface area contributed by atoms with Gasteiger partial charge in [-0.05, 0) is 36.8 Å². The van der Waals surface area contributed by atoms with Crippen molar-refractivity contribution in [3.8, 4) is 10.6 Å². The van der Waals surface area contributed by atoms with Gasteiger partial charge in [-0.15, -0.1) is 11.3 Å². The largest absolute Gasteiger partial charge is 0.321 e. The number of carbonyl (C=O) groups excluding carboxylic acids is 1. The normalized spacial score (nSPS) is 10.8. The minimum atomic E-state index is -0.331. The number of halogens is 1. The van der Waals surface area contributed by atoms with E-state index in [0.717, 1.165) is 5.56 Å². The molecule has 0 spiro atoms. The Hall–Kier alpha value is -3.39. The minimum absolute atomic E-state index is 0.235. The maximum Gasteiger partial charge on any atom is 0.267 e. The van der Waals surface area contributed by atoms with Crippen LogP contribution in [0.2, 0.25) is 0 Å². The summed E-state index contributed by atoms with van der Waals surface area (Å²) in [4.78, 5) is 21.5. The molecule has 0 unspecified atom stereocenters. The van der Waals surface area contributed by atoms with Crippen LogP contribution >= 0.6 is 11.3 Å². The molecule has 6 nitrogen and oxygen atoms in total. The number of hydrogen-bond donors (Lipinski definition) is 1. The summed E-state index contributed by atoms with van der Waals surface area (Å²) in [5.41, 5.74) is 3.01. The van der Waals surface area contributed by atoms with Crippen molar-refractivity contribution >= 4 is 22.9 Å². The van der Waals surface area contributed by atoms with Gasteiger partial charge in [-0.25, -0.2) is 19.0 Å². The van der Waals surface area contributed by atoms with E-state index in [-0.39, 0.29) is 11.7 Å². The van der Waals surface area contributed by atoms with Crippen molar-refractivity contribution in [1.29, 1.82) is 0 Å². The van der Waals surface area contributed by atoms with Crippen molar-refractivity contribution in [2.75, 3.05) is 5.32 Å². The van der Waals surface area contributed by atoms with Crippen LogP contribution in [0.4, 0.5) is 10.1 Å². The van der Waals surface area contributed by atoms with Gasteiger partial charge in [0.05, 0.1) is 12.2 Å². The third-order valence-corrected chi connectivity index (χ3v) is 5.30. The lowest BCUT2D eigenvalue weighted by molar-refractivity contribution is 0.103. The fourth-order valence-electron chi connectivity index (χ4n) is 2.73.